The molecule has 3 aromatic rings. The van der Waals surface area contributed by atoms with Crippen LogP contribution < -0.4 is 10.2 Å². The molecule has 0 atom stereocenters. The minimum absolute atomic E-state index is 0.884. The van der Waals surface area contributed by atoms with Gasteiger partial charge in [0.25, 0.3) is 0 Å². The molecule has 0 unspecified atom stereocenters. The molecule has 3 heterocycles. The quantitative estimate of drug-likeness (QED) is 0.371. The molecule has 0 spiro atoms. The number of imidazole rings is 1. The molecule has 1 aliphatic heterocycles. The van der Waals surface area contributed by atoms with Crippen LogP contribution in [0.2, 0.25) is 0 Å². The number of para-hydroxylation sites is 2. The number of hydrogen-bond acceptors (Lipinski definition) is 6. The third-order valence-corrected chi connectivity index (χ3v) is 6.34. The van der Waals surface area contributed by atoms with Gasteiger partial charge in [0.2, 0.25) is 5.13 Å². The Labute approximate surface area is 181 Å². The number of anilines is 1. The molecule has 0 radical (unpaired) electrons. The topological polar surface area (TPSA) is 74.5 Å². The number of nitrogens with one attached hydrogen (secondary N) is 1. The van der Waals surface area contributed by atoms with Gasteiger partial charge >= 0.3 is 0 Å². The highest BCUT2D eigenvalue weighted by Gasteiger charge is 2.21. The van der Waals surface area contributed by atoms with Gasteiger partial charge in [-0.1, -0.05) is 19.1 Å². The molecule has 1 saturated heterocycles. The number of rotatable bonds is 6. The zero-order chi connectivity index (χ0) is 20.9. The molecular formula is C21H30N8S. The molecule has 0 aliphatic carbocycles. The highest BCUT2D eigenvalue weighted by Crippen LogP contribution is 2.19. The molecule has 160 valence electrons. The Balaban J connectivity index is 1.26. The second kappa shape index (κ2) is 9.42. The van der Waals surface area contributed by atoms with Crippen molar-refractivity contribution < 1.29 is 0 Å². The zero-order valence-corrected chi connectivity index (χ0v) is 18.8. The molecule has 8 nitrogen and oxygen atoms in total. The zero-order valence-electron chi connectivity index (χ0n) is 18.0. The second-order valence-electron chi connectivity index (χ2n) is 7.45. The lowest BCUT2D eigenvalue weighted by Gasteiger charge is -2.36. The first-order valence-electron chi connectivity index (χ1n) is 10.6. The predicted molar refractivity (Wildman–Crippen MR) is 124 cm³/mol. The molecule has 0 amide bonds. The van der Waals surface area contributed by atoms with Gasteiger partial charge in [0.05, 0.1) is 11.0 Å². The summed E-state index contributed by atoms with van der Waals surface area (Å²) in [5.41, 5.74) is 2.27. The van der Waals surface area contributed by atoms with E-state index in [1.807, 2.05) is 13.1 Å². The highest BCUT2D eigenvalue weighted by atomic mass is 32.1. The molecule has 1 aliphatic rings. The van der Waals surface area contributed by atoms with E-state index in [1.54, 1.807) is 0 Å². The van der Waals surface area contributed by atoms with Crippen LogP contribution in [-0.4, -0.2) is 69.5 Å². The number of guanidine groups is 1. The number of aliphatic imine (C=N–C) groups is 1. The molecule has 2 aromatic heterocycles. The van der Waals surface area contributed by atoms with Crippen molar-refractivity contribution in [2.24, 2.45) is 4.99 Å². The van der Waals surface area contributed by atoms with Gasteiger partial charge < -0.3 is 19.7 Å². The lowest BCUT2D eigenvalue weighted by molar-refractivity contribution is 0.371. The van der Waals surface area contributed by atoms with E-state index in [-0.39, 0.29) is 0 Å². The van der Waals surface area contributed by atoms with E-state index >= 15 is 0 Å². The molecule has 30 heavy (non-hydrogen) atoms. The highest BCUT2D eigenvalue weighted by molar-refractivity contribution is 7.09. The average molecular weight is 427 g/mol. The number of aryl methyl sites for hydroxylation is 3. The Hall–Kier alpha value is -2.68. The number of hydrogen-bond donors (Lipinski definition) is 1. The van der Waals surface area contributed by atoms with E-state index in [0.29, 0.717) is 0 Å². The Morgan fingerprint density at radius 1 is 1.17 bits per heavy atom. The van der Waals surface area contributed by atoms with Crippen LogP contribution in [0, 0.1) is 6.92 Å². The lowest BCUT2D eigenvalue weighted by atomic mass is 10.3. The van der Waals surface area contributed by atoms with Gasteiger partial charge in [0.15, 0.2) is 5.96 Å². The van der Waals surface area contributed by atoms with Gasteiger partial charge in [-0.25, -0.2) is 9.97 Å². The Bertz CT molecular complexity index is 1000. The number of fused-ring (bicyclic) bond motifs is 1. The maximum Gasteiger partial charge on any atom is 0.205 e. The van der Waals surface area contributed by atoms with E-state index in [1.165, 1.54) is 17.0 Å². The summed E-state index contributed by atoms with van der Waals surface area (Å²) in [5.74, 6) is 2.99. The summed E-state index contributed by atoms with van der Waals surface area (Å²) >= 11 is 1.51. The van der Waals surface area contributed by atoms with Gasteiger partial charge in [-0.15, -0.1) is 0 Å². The molecular weight excluding hydrogens is 396 g/mol. The third-order valence-electron chi connectivity index (χ3n) is 5.52. The fraction of sp³-hybridized carbons (Fsp3) is 0.524. The Morgan fingerprint density at radius 2 is 1.97 bits per heavy atom. The Kier molecular flexibility index (Phi) is 6.47. The van der Waals surface area contributed by atoms with Crippen molar-refractivity contribution in [1.82, 2.24) is 29.1 Å². The predicted octanol–water partition coefficient (Wildman–Crippen LogP) is 2.55. The Morgan fingerprint density at radius 3 is 2.70 bits per heavy atom. The van der Waals surface area contributed by atoms with Crippen LogP contribution in [0.5, 0.6) is 0 Å². The van der Waals surface area contributed by atoms with Crippen LogP contribution in [0.3, 0.4) is 0 Å². The van der Waals surface area contributed by atoms with Crippen LogP contribution in [0.15, 0.2) is 29.3 Å². The molecule has 1 N–H and O–H groups in total. The minimum Gasteiger partial charge on any atom is -0.356 e. The summed E-state index contributed by atoms with van der Waals surface area (Å²) in [4.78, 5) is 18.4. The maximum atomic E-state index is 4.65. The SMILES string of the molecule is CCc1nsc(N2CCN(C(=NC)NCCCn3c(C)nc4ccccc43)CC2)n1. The molecule has 0 saturated carbocycles. The first-order valence-corrected chi connectivity index (χ1v) is 11.4. The van der Waals surface area contributed by atoms with Crippen molar-refractivity contribution in [2.75, 3.05) is 44.7 Å². The summed E-state index contributed by atoms with van der Waals surface area (Å²) < 4.78 is 6.71. The van der Waals surface area contributed by atoms with Gasteiger partial charge in [0.1, 0.15) is 11.6 Å². The number of nitrogens with zero attached hydrogens (tertiary/aromatic N) is 7. The van der Waals surface area contributed by atoms with Crippen LogP contribution >= 0.6 is 11.5 Å². The van der Waals surface area contributed by atoms with Gasteiger partial charge in [0, 0.05) is 64.3 Å². The fourth-order valence-electron chi connectivity index (χ4n) is 3.87. The van der Waals surface area contributed by atoms with E-state index in [0.717, 1.165) is 80.4 Å². The van der Waals surface area contributed by atoms with Crippen LogP contribution in [0.4, 0.5) is 5.13 Å². The largest absolute Gasteiger partial charge is 0.356 e. The van der Waals surface area contributed by atoms with Gasteiger partial charge in [-0.05, 0) is 25.5 Å². The van der Waals surface area contributed by atoms with Crippen LogP contribution in [0.1, 0.15) is 25.0 Å². The number of piperazine rings is 1. The number of aromatic nitrogens is 4. The van der Waals surface area contributed by atoms with Crippen LogP contribution in [-0.2, 0) is 13.0 Å². The first kappa shape index (κ1) is 20.6. The van der Waals surface area contributed by atoms with E-state index in [2.05, 4.69) is 71.1 Å². The summed E-state index contributed by atoms with van der Waals surface area (Å²) in [6.45, 7) is 9.76. The minimum atomic E-state index is 0.884. The van der Waals surface area contributed by atoms with Crippen molar-refractivity contribution in [1.29, 1.82) is 0 Å². The van der Waals surface area contributed by atoms with E-state index < -0.39 is 0 Å². The second-order valence-corrected chi connectivity index (χ2v) is 8.18. The molecule has 9 heteroatoms. The maximum absolute atomic E-state index is 4.65. The summed E-state index contributed by atoms with van der Waals surface area (Å²) in [7, 11) is 1.86. The first-order chi connectivity index (χ1) is 14.7. The molecule has 1 aromatic carbocycles. The van der Waals surface area contributed by atoms with Crippen molar-refractivity contribution in [3.8, 4) is 0 Å². The lowest BCUT2D eigenvalue weighted by Crippen LogP contribution is -2.52. The van der Waals surface area contributed by atoms with Gasteiger partial charge in [-0.3, -0.25) is 4.99 Å². The van der Waals surface area contributed by atoms with E-state index in [4.69, 9.17) is 0 Å². The van der Waals surface area contributed by atoms with Crippen molar-refractivity contribution in [3.05, 3.63) is 35.9 Å². The fourth-order valence-corrected chi connectivity index (χ4v) is 4.68. The summed E-state index contributed by atoms with van der Waals surface area (Å²) in [6.07, 6.45) is 1.91. The van der Waals surface area contributed by atoms with Gasteiger partial charge in [-0.2, -0.15) is 4.37 Å². The average Bonchev–Trinajstić information content (AvgIpc) is 3.38. The normalized spacial score (nSPS) is 15.2. The standard InChI is InChI=1S/C21H30N8S/c1-4-19-25-21(30-26-19)28-14-12-27(13-15-28)20(22-3)23-10-7-11-29-16(2)24-17-8-5-6-9-18(17)29/h5-6,8-9H,4,7,10-15H2,1-3H3,(H,22,23). The van der Waals surface area contributed by atoms with Crippen molar-refractivity contribution in [3.63, 3.8) is 0 Å². The van der Waals surface area contributed by atoms with E-state index in [9.17, 15) is 0 Å². The molecule has 4 rings (SSSR count). The number of benzene rings is 1. The summed E-state index contributed by atoms with van der Waals surface area (Å²) in [6, 6.07) is 8.33. The summed E-state index contributed by atoms with van der Waals surface area (Å²) in [5, 5.41) is 4.57. The third kappa shape index (κ3) is 4.40. The molecule has 0 bridgehead atoms. The van der Waals surface area contributed by atoms with Crippen LogP contribution in [0.25, 0.3) is 11.0 Å². The smallest absolute Gasteiger partial charge is 0.205 e. The van der Waals surface area contributed by atoms with Crippen molar-refractivity contribution >= 4 is 33.7 Å². The molecule has 1 fully saturated rings. The monoisotopic (exact) mass is 426 g/mol. The van der Waals surface area contributed by atoms with Crippen molar-refractivity contribution in [2.45, 2.75) is 33.2 Å².